The van der Waals surface area contributed by atoms with Gasteiger partial charge >= 0.3 is 11.7 Å². The molecule has 0 amide bonds. The summed E-state index contributed by atoms with van der Waals surface area (Å²) in [6.45, 7) is 7.25. The van der Waals surface area contributed by atoms with Gasteiger partial charge in [0, 0.05) is 17.7 Å². The monoisotopic (exact) mass is 313 g/mol. The van der Waals surface area contributed by atoms with E-state index in [1.54, 1.807) is 12.1 Å². The predicted octanol–water partition coefficient (Wildman–Crippen LogP) is 2.67. The van der Waals surface area contributed by atoms with Gasteiger partial charge in [0.2, 0.25) is 5.78 Å². The van der Waals surface area contributed by atoms with Crippen LogP contribution in [0.2, 0.25) is 0 Å². The zero-order chi connectivity index (χ0) is 17.1. The summed E-state index contributed by atoms with van der Waals surface area (Å²) < 4.78 is 5.57. The third-order valence-electron chi connectivity index (χ3n) is 3.79. The number of carbonyl (C=O) groups excluding carboxylic acids is 2. The highest BCUT2D eigenvalue weighted by Crippen LogP contribution is 2.18. The topological polar surface area (TPSA) is 70.3 Å². The molecular weight excluding hydrogens is 294 g/mol. The van der Waals surface area contributed by atoms with E-state index >= 15 is 0 Å². The van der Waals surface area contributed by atoms with Crippen molar-refractivity contribution in [3.8, 4) is 0 Å². The van der Waals surface area contributed by atoms with Gasteiger partial charge in [0.05, 0.1) is 0 Å². The fourth-order valence-corrected chi connectivity index (χ4v) is 2.31. The predicted molar refractivity (Wildman–Crippen MR) is 85.3 cm³/mol. The molecule has 0 saturated heterocycles. The first kappa shape index (κ1) is 16.7. The summed E-state index contributed by atoms with van der Waals surface area (Å²) in [6, 6.07) is 8.16. The Morgan fingerprint density at radius 1 is 1.09 bits per heavy atom. The minimum atomic E-state index is -0.969. The Bertz CT molecular complexity index is 768. The molecule has 1 atom stereocenters. The quantitative estimate of drug-likeness (QED) is 0.376. The van der Waals surface area contributed by atoms with Gasteiger partial charge in [-0.05, 0) is 56.5 Å². The molecule has 0 aliphatic heterocycles. The van der Waals surface area contributed by atoms with E-state index in [9.17, 15) is 14.8 Å². The van der Waals surface area contributed by atoms with Gasteiger partial charge in [-0.15, -0.1) is 0 Å². The molecule has 2 rings (SSSR count). The number of ketones is 1. The first-order valence-electron chi connectivity index (χ1n) is 7.32. The molecule has 0 saturated carbocycles. The molecule has 2 aromatic rings. The largest absolute Gasteiger partial charge is 0.618 e. The van der Waals surface area contributed by atoms with Crippen LogP contribution in [-0.2, 0) is 4.74 Å². The van der Waals surface area contributed by atoms with Gasteiger partial charge in [-0.2, -0.15) is 4.73 Å². The van der Waals surface area contributed by atoms with Crippen LogP contribution in [-0.4, -0.2) is 17.9 Å². The van der Waals surface area contributed by atoms with Gasteiger partial charge in [-0.1, -0.05) is 6.07 Å². The maximum Gasteiger partial charge on any atom is 0.405 e. The first-order valence-corrected chi connectivity index (χ1v) is 7.32. The molecule has 0 N–H and O–H groups in total. The lowest BCUT2D eigenvalue weighted by Gasteiger charge is -2.14. The van der Waals surface area contributed by atoms with Crippen molar-refractivity contribution in [1.29, 1.82) is 0 Å². The van der Waals surface area contributed by atoms with E-state index < -0.39 is 12.1 Å². The van der Waals surface area contributed by atoms with Gasteiger partial charge in [0.1, 0.15) is 0 Å². The number of aryl methyl sites for hydroxylation is 3. The molecule has 120 valence electrons. The molecule has 0 radical (unpaired) electrons. The molecule has 0 bridgehead atoms. The molecule has 1 aromatic heterocycles. The zero-order valence-electron chi connectivity index (χ0n) is 13.6. The molecule has 5 nitrogen and oxygen atoms in total. The number of ether oxygens (including phenoxy) is 1. The van der Waals surface area contributed by atoms with Crippen LogP contribution in [0.25, 0.3) is 0 Å². The van der Waals surface area contributed by atoms with Crippen molar-refractivity contribution >= 4 is 11.8 Å². The highest BCUT2D eigenvalue weighted by atomic mass is 16.6. The van der Waals surface area contributed by atoms with E-state index in [-0.39, 0.29) is 11.5 Å². The van der Waals surface area contributed by atoms with Crippen LogP contribution in [0, 0.1) is 26.0 Å². The number of nitrogens with zero attached hydrogens (tertiary/aromatic N) is 1. The van der Waals surface area contributed by atoms with Crippen molar-refractivity contribution in [2.45, 2.75) is 33.8 Å². The van der Waals surface area contributed by atoms with Crippen LogP contribution in [0.3, 0.4) is 0 Å². The van der Waals surface area contributed by atoms with Crippen molar-refractivity contribution in [2.24, 2.45) is 0 Å². The molecule has 5 heteroatoms. The molecule has 0 aliphatic rings. The second-order valence-corrected chi connectivity index (χ2v) is 5.57. The Balaban J connectivity index is 2.19. The number of rotatable bonds is 4. The molecule has 0 fully saturated rings. The van der Waals surface area contributed by atoms with Gasteiger partial charge in [0.25, 0.3) is 0 Å². The maximum absolute atomic E-state index is 12.5. The van der Waals surface area contributed by atoms with Crippen LogP contribution < -0.4 is 4.73 Å². The lowest BCUT2D eigenvalue weighted by molar-refractivity contribution is -0.608. The standard InChI is InChI=1S/C18H19NO4/c1-11-9-13(3)15(10-12(11)2)17(20)14(4)23-18(21)16-7-5-6-8-19(16)22/h5-10,14H,1-4H3/t14-/m1/s1. The number of Topliss-reactive ketones (excluding diaryl/α,β-unsaturated/α-hetero) is 1. The molecule has 1 aromatic carbocycles. The number of hydrogen-bond acceptors (Lipinski definition) is 4. The third-order valence-corrected chi connectivity index (χ3v) is 3.79. The van der Waals surface area contributed by atoms with Crippen LogP contribution in [0.5, 0.6) is 0 Å². The van der Waals surface area contributed by atoms with Gasteiger partial charge < -0.3 is 9.94 Å². The summed E-state index contributed by atoms with van der Waals surface area (Å²) >= 11 is 0. The highest BCUT2D eigenvalue weighted by Gasteiger charge is 2.25. The van der Waals surface area contributed by atoms with Crippen LogP contribution in [0.1, 0.15) is 44.5 Å². The average molecular weight is 313 g/mol. The summed E-state index contributed by atoms with van der Waals surface area (Å²) in [7, 11) is 0. The second-order valence-electron chi connectivity index (χ2n) is 5.57. The molecule has 1 heterocycles. The summed E-state index contributed by atoms with van der Waals surface area (Å²) in [6.07, 6.45) is 0.236. The summed E-state index contributed by atoms with van der Waals surface area (Å²) in [5, 5.41) is 11.5. The Labute approximate surface area is 135 Å². The number of aromatic nitrogens is 1. The van der Waals surface area contributed by atoms with Crippen molar-refractivity contribution in [3.05, 3.63) is 69.7 Å². The van der Waals surface area contributed by atoms with Crippen molar-refractivity contribution in [3.63, 3.8) is 0 Å². The van der Waals surface area contributed by atoms with E-state index in [0.29, 0.717) is 10.3 Å². The van der Waals surface area contributed by atoms with E-state index in [2.05, 4.69) is 0 Å². The third kappa shape index (κ3) is 3.56. The molecule has 0 spiro atoms. The number of esters is 1. The van der Waals surface area contributed by atoms with Gasteiger partial charge in [-0.25, -0.2) is 4.79 Å². The normalized spacial score (nSPS) is 11.8. The van der Waals surface area contributed by atoms with Gasteiger partial charge in [-0.3, -0.25) is 4.79 Å². The van der Waals surface area contributed by atoms with E-state index in [1.165, 1.54) is 25.3 Å². The van der Waals surface area contributed by atoms with E-state index in [1.807, 2.05) is 26.8 Å². The highest BCUT2D eigenvalue weighted by molar-refractivity contribution is 6.02. The first-order chi connectivity index (χ1) is 10.8. The van der Waals surface area contributed by atoms with Gasteiger partial charge in [0.15, 0.2) is 12.3 Å². The Kier molecular flexibility index (Phi) is 4.79. The Hall–Kier alpha value is -2.69. The average Bonchev–Trinajstić information content (AvgIpc) is 2.50. The van der Waals surface area contributed by atoms with Crippen molar-refractivity contribution in [1.82, 2.24) is 0 Å². The number of carbonyl (C=O) groups is 2. The van der Waals surface area contributed by atoms with Crippen LogP contribution in [0.4, 0.5) is 0 Å². The molecule has 0 aliphatic carbocycles. The van der Waals surface area contributed by atoms with E-state index in [0.717, 1.165) is 16.7 Å². The van der Waals surface area contributed by atoms with E-state index in [4.69, 9.17) is 4.74 Å². The molecule has 0 unspecified atom stereocenters. The molecule has 23 heavy (non-hydrogen) atoms. The maximum atomic E-state index is 12.5. The minimum absolute atomic E-state index is 0.149. The Morgan fingerprint density at radius 2 is 1.74 bits per heavy atom. The number of benzene rings is 1. The lowest BCUT2D eigenvalue weighted by Crippen LogP contribution is -2.36. The Morgan fingerprint density at radius 3 is 2.39 bits per heavy atom. The lowest BCUT2D eigenvalue weighted by atomic mass is 9.96. The summed E-state index contributed by atoms with van der Waals surface area (Å²) in [5.41, 5.74) is 3.30. The minimum Gasteiger partial charge on any atom is -0.618 e. The number of pyridine rings is 1. The SMILES string of the molecule is Cc1cc(C)c(C(=O)[C@@H](C)OC(=O)c2cccc[n+]2[O-])cc1C. The summed E-state index contributed by atoms with van der Waals surface area (Å²) in [4.78, 5) is 24.5. The van der Waals surface area contributed by atoms with Crippen LogP contribution >= 0.6 is 0 Å². The summed E-state index contributed by atoms with van der Waals surface area (Å²) in [5.74, 6) is -1.10. The fraction of sp³-hybridized carbons (Fsp3) is 0.278. The van der Waals surface area contributed by atoms with Crippen LogP contribution in [0.15, 0.2) is 36.5 Å². The smallest absolute Gasteiger partial charge is 0.405 e. The second kappa shape index (κ2) is 6.60. The van der Waals surface area contributed by atoms with Crippen molar-refractivity contribution < 1.29 is 19.1 Å². The fourth-order valence-electron chi connectivity index (χ4n) is 2.31. The number of hydrogen-bond donors (Lipinski definition) is 0. The van der Waals surface area contributed by atoms with Crippen molar-refractivity contribution in [2.75, 3.05) is 0 Å². The molecular formula is C18H19NO4. The zero-order valence-corrected chi connectivity index (χ0v) is 13.6.